The number of hydrogen-bond acceptors (Lipinski definition) is 2. The summed E-state index contributed by atoms with van der Waals surface area (Å²) < 4.78 is 39.7. The van der Waals surface area contributed by atoms with Crippen molar-refractivity contribution in [2.24, 2.45) is 0 Å². The second kappa shape index (κ2) is 4.78. The maximum atomic E-state index is 13.5. The highest BCUT2D eigenvalue weighted by molar-refractivity contribution is 5.31. The topological polar surface area (TPSA) is 33.1 Å². The quantitative estimate of drug-likeness (QED) is 0.892. The number of aromatic nitrogens is 1. The highest BCUT2D eigenvalue weighted by Crippen LogP contribution is 2.27. The molecule has 2 nitrogen and oxygen atoms in total. The van der Waals surface area contributed by atoms with Crippen molar-refractivity contribution in [3.63, 3.8) is 0 Å². The van der Waals surface area contributed by atoms with Crippen LogP contribution in [-0.4, -0.2) is 10.1 Å². The Kier molecular flexibility index (Phi) is 3.34. The van der Waals surface area contributed by atoms with Crippen LogP contribution in [0.3, 0.4) is 0 Å². The molecule has 1 atom stereocenters. The van der Waals surface area contributed by atoms with Gasteiger partial charge in [-0.25, -0.2) is 13.2 Å². The number of aliphatic hydroxyl groups is 1. The maximum absolute atomic E-state index is 13.5. The second-order valence-electron chi connectivity index (χ2n) is 3.92. The fourth-order valence-electron chi connectivity index (χ4n) is 1.62. The molecule has 1 aromatic heterocycles. The van der Waals surface area contributed by atoms with Crippen LogP contribution in [0, 0.1) is 24.4 Å². The molecule has 0 radical (unpaired) electrons. The lowest BCUT2D eigenvalue weighted by Crippen LogP contribution is -2.07. The Hall–Kier alpha value is -1.88. The first-order valence-corrected chi connectivity index (χ1v) is 5.24. The van der Waals surface area contributed by atoms with Crippen molar-refractivity contribution in [1.29, 1.82) is 0 Å². The van der Waals surface area contributed by atoms with E-state index >= 15 is 0 Å². The molecule has 1 N–H and O–H groups in total. The molecule has 0 aliphatic rings. The summed E-state index contributed by atoms with van der Waals surface area (Å²) in [5.74, 6) is -3.27. The van der Waals surface area contributed by atoms with Gasteiger partial charge in [-0.1, -0.05) is 6.07 Å². The Bertz CT molecular complexity index is 546. The van der Waals surface area contributed by atoms with E-state index in [0.29, 0.717) is 17.8 Å². The number of nitrogens with zero attached hydrogens (tertiary/aromatic N) is 1. The van der Waals surface area contributed by atoms with Gasteiger partial charge in [0.2, 0.25) is 0 Å². The second-order valence-corrected chi connectivity index (χ2v) is 3.92. The number of pyridine rings is 1. The molecule has 1 heterocycles. The predicted octanol–water partition coefficient (Wildman–Crippen LogP) is 2.89. The van der Waals surface area contributed by atoms with E-state index in [1.54, 1.807) is 13.0 Å². The molecule has 0 fully saturated rings. The van der Waals surface area contributed by atoms with Crippen LogP contribution in [0.5, 0.6) is 0 Å². The first-order chi connectivity index (χ1) is 8.49. The first-order valence-electron chi connectivity index (χ1n) is 5.24. The molecular formula is C13H10F3NO. The van der Waals surface area contributed by atoms with E-state index in [1.807, 2.05) is 0 Å². The van der Waals surface area contributed by atoms with Gasteiger partial charge in [0, 0.05) is 29.6 Å². The first kappa shape index (κ1) is 12.6. The molecule has 18 heavy (non-hydrogen) atoms. The fraction of sp³-hybridized carbons (Fsp3) is 0.154. The summed E-state index contributed by atoms with van der Waals surface area (Å²) >= 11 is 0. The van der Waals surface area contributed by atoms with E-state index in [4.69, 9.17) is 0 Å². The minimum atomic E-state index is -1.52. The van der Waals surface area contributed by atoms with Gasteiger partial charge >= 0.3 is 0 Å². The summed E-state index contributed by atoms with van der Waals surface area (Å²) in [6.07, 6.45) is -0.193. The minimum Gasteiger partial charge on any atom is -0.383 e. The van der Waals surface area contributed by atoms with E-state index < -0.39 is 29.1 Å². The third-order valence-electron chi connectivity index (χ3n) is 2.57. The van der Waals surface area contributed by atoms with E-state index in [1.165, 1.54) is 12.3 Å². The van der Waals surface area contributed by atoms with E-state index in [9.17, 15) is 18.3 Å². The molecular weight excluding hydrogens is 243 g/mol. The molecule has 0 saturated heterocycles. The lowest BCUT2D eigenvalue weighted by atomic mass is 10.0. The number of rotatable bonds is 2. The van der Waals surface area contributed by atoms with Crippen LogP contribution in [0.15, 0.2) is 30.5 Å². The van der Waals surface area contributed by atoms with Crippen molar-refractivity contribution in [3.05, 3.63) is 64.7 Å². The summed E-state index contributed by atoms with van der Waals surface area (Å²) in [6.45, 7) is 1.75. The summed E-state index contributed by atoms with van der Waals surface area (Å²) in [5.41, 5.74) is 0.373. The van der Waals surface area contributed by atoms with Crippen LogP contribution in [0.1, 0.15) is 22.9 Å². The van der Waals surface area contributed by atoms with Gasteiger partial charge in [-0.15, -0.1) is 0 Å². The van der Waals surface area contributed by atoms with Gasteiger partial charge in [-0.2, -0.15) is 0 Å². The van der Waals surface area contributed by atoms with Crippen LogP contribution < -0.4 is 0 Å². The van der Waals surface area contributed by atoms with Crippen molar-refractivity contribution in [3.8, 4) is 0 Å². The minimum absolute atomic E-state index is 0.241. The zero-order chi connectivity index (χ0) is 13.3. The Morgan fingerprint density at radius 2 is 1.72 bits per heavy atom. The van der Waals surface area contributed by atoms with E-state index in [2.05, 4.69) is 4.98 Å². The lowest BCUT2D eigenvalue weighted by molar-refractivity contribution is 0.208. The highest BCUT2D eigenvalue weighted by atomic mass is 19.1. The van der Waals surface area contributed by atoms with Crippen molar-refractivity contribution in [2.75, 3.05) is 0 Å². The Balaban J connectivity index is 2.46. The number of aryl methyl sites for hydroxylation is 1. The molecule has 0 spiro atoms. The summed E-state index contributed by atoms with van der Waals surface area (Å²) in [5, 5.41) is 9.89. The molecule has 1 aromatic carbocycles. The highest BCUT2D eigenvalue weighted by Gasteiger charge is 2.21. The normalized spacial score (nSPS) is 12.5. The standard InChI is InChI=1S/C13H10F3NO/c1-7-2-3-8(6-17-7)13(18)12-10(15)4-9(14)5-11(12)16/h2-6,13,18H,1H3. The predicted molar refractivity (Wildman–Crippen MR) is 59.4 cm³/mol. The Labute approximate surface area is 102 Å². The van der Waals surface area contributed by atoms with E-state index in [-0.39, 0.29) is 5.56 Å². The van der Waals surface area contributed by atoms with Gasteiger partial charge in [-0.3, -0.25) is 4.98 Å². The zero-order valence-corrected chi connectivity index (χ0v) is 9.49. The van der Waals surface area contributed by atoms with Gasteiger partial charge in [0.15, 0.2) is 0 Å². The number of hydrogen-bond donors (Lipinski definition) is 1. The largest absolute Gasteiger partial charge is 0.383 e. The summed E-state index contributed by atoms with van der Waals surface area (Å²) in [7, 11) is 0. The number of benzene rings is 1. The van der Waals surface area contributed by atoms with E-state index in [0.717, 1.165) is 0 Å². The van der Waals surface area contributed by atoms with Gasteiger partial charge in [0.1, 0.15) is 23.6 Å². The van der Waals surface area contributed by atoms with Gasteiger partial charge in [0.05, 0.1) is 5.56 Å². The summed E-state index contributed by atoms with van der Waals surface area (Å²) in [6, 6.07) is 4.18. The molecule has 94 valence electrons. The van der Waals surface area contributed by atoms with Gasteiger partial charge in [0.25, 0.3) is 0 Å². The number of aliphatic hydroxyl groups excluding tert-OH is 1. The molecule has 0 aliphatic carbocycles. The van der Waals surface area contributed by atoms with Gasteiger partial charge in [-0.05, 0) is 13.0 Å². The molecule has 1 unspecified atom stereocenters. The molecule has 2 aromatic rings. The lowest BCUT2D eigenvalue weighted by Gasteiger charge is -2.13. The fourth-order valence-corrected chi connectivity index (χ4v) is 1.62. The monoisotopic (exact) mass is 253 g/mol. The smallest absolute Gasteiger partial charge is 0.135 e. The molecule has 0 aliphatic heterocycles. The maximum Gasteiger partial charge on any atom is 0.135 e. The summed E-state index contributed by atoms with van der Waals surface area (Å²) in [4.78, 5) is 3.92. The average Bonchev–Trinajstić information content (AvgIpc) is 2.28. The third kappa shape index (κ3) is 2.36. The molecule has 0 saturated carbocycles. The van der Waals surface area contributed by atoms with Gasteiger partial charge < -0.3 is 5.11 Å². The van der Waals surface area contributed by atoms with Crippen LogP contribution in [0.25, 0.3) is 0 Å². The van der Waals surface area contributed by atoms with Crippen molar-refractivity contribution in [1.82, 2.24) is 4.98 Å². The number of halogens is 3. The Morgan fingerprint density at radius 3 is 2.22 bits per heavy atom. The average molecular weight is 253 g/mol. The SMILES string of the molecule is Cc1ccc(C(O)c2c(F)cc(F)cc2F)cn1. The zero-order valence-electron chi connectivity index (χ0n) is 9.49. The van der Waals surface area contributed by atoms with Crippen LogP contribution in [-0.2, 0) is 0 Å². The third-order valence-corrected chi connectivity index (χ3v) is 2.57. The molecule has 2 rings (SSSR count). The Morgan fingerprint density at radius 1 is 1.11 bits per heavy atom. The molecule has 0 bridgehead atoms. The van der Waals surface area contributed by atoms with Crippen LogP contribution in [0.4, 0.5) is 13.2 Å². The molecule has 0 amide bonds. The van der Waals surface area contributed by atoms with Crippen molar-refractivity contribution in [2.45, 2.75) is 13.0 Å². The molecule has 5 heteroatoms. The van der Waals surface area contributed by atoms with Crippen molar-refractivity contribution >= 4 is 0 Å². The van der Waals surface area contributed by atoms with Crippen molar-refractivity contribution < 1.29 is 18.3 Å². The van der Waals surface area contributed by atoms with Crippen LogP contribution >= 0.6 is 0 Å². The van der Waals surface area contributed by atoms with Crippen LogP contribution in [0.2, 0.25) is 0 Å².